The van der Waals surface area contributed by atoms with E-state index in [0.717, 1.165) is 10.2 Å². The summed E-state index contributed by atoms with van der Waals surface area (Å²) in [5, 5.41) is 3.85. The highest BCUT2D eigenvalue weighted by atomic mass is 79.9. The number of nitrogens with two attached hydrogens (primary N) is 1. The van der Waals surface area contributed by atoms with Crippen molar-refractivity contribution in [2.45, 2.75) is 26.2 Å². The Balaban J connectivity index is 2.42. The Hall–Kier alpha value is -1.37. The third-order valence-corrected chi connectivity index (χ3v) is 4.16. The van der Waals surface area contributed by atoms with Crippen LogP contribution in [0.25, 0.3) is 0 Å². The third kappa shape index (κ3) is 3.84. The van der Waals surface area contributed by atoms with Gasteiger partial charge in [-0.3, -0.25) is 0 Å². The number of hydrogen-bond acceptors (Lipinski definition) is 5. The maximum absolute atomic E-state index is 6.09. The quantitative estimate of drug-likeness (QED) is 0.557. The lowest BCUT2D eigenvalue weighted by atomic mass is 9.96. The molecule has 7 heteroatoms. The molecule has 2 aromatic rings. The van der Waals surface area contributed by atoms with Gasteiger partial charge in [0.15, 0.2) is 0 Å². The van der Waals surface area contributed by atoms with Crippen LogP contribution in [0.4, 0.5) is 17.3 Å². The van der Waals surface area contributed by atoms with Crippen molar-refractivity contribution in [2.75, 3.05) is 10.7 Å². The van der Waals surface area contributed by atoms with Gasteiger partial charge in [0.25, 0.3) is 0 Å². The second-order valence-corrected chi connectivity index (χ2v) is 6.78. The monoisotopic (exact) mass is 369 g/mol. The molecule has 0 unspecified atom stereocenters. The smallest absolute Gasteiger partial charge is 0.145 e. The van der Waals surface area contributed by atoms with Gasteiger partial charge < -0.3 is 10.7 Å². The summed E-state index contributed by atoms with van der Waals surface area (Å²) in [6, 6.07) is 7.32. The average Bonchev–Trinajstić information content (AvgIpc) is 2.42. The molecule has 0 aliphatic heterocycles. The van der Waals surface area contributed by atoms with E-state index in [1.807, 2.05) is 39.0 Å². The average molecular weight is 371 g/mol. The van der Waals surface area contributed by atoms with Crippen molar-refractivity contribution in [3.63, 3.8) is 0 Å². The highest BCUT2D eigenvalue weighted by Gasteiger charge is 2.19. The number of nitrogen functional groups attached to an aromatic ring is 1. The molecule has 0 aliphatic carbocycles. The van der Waals surface area contributed by atoms with Crippen LogP contribution in [-0.2, 0) is 5.41 Å². The van der Waals surface area contributed by atoms with Crippen LogP contribution < -0.4 is 16.6 Å². The van der Waals surface area contributed by atoms with Crippen LogP contribution in [0.2, 0.25) is 5.02 Å². The number of rotatable bonds is 3. The number of hydrazine groups is 1. The van der Waals surface area contributed by atoms with Gasteiger partial charge in [0.1, 0.15) is 17.5 Å². The number of benzene rings is 1. The predicted octanol–water partition coefficient (Wildman–Crippen LogP) is 4.22. The van der Waals surface area contributed by atoms with Crippen LogP contribution in [0, 0.1) is 0 Å². The predicted molar refractivity (Wildman–Crippen MR) is 91.0 cm³/mol. The van der Waals surface area contributed by atoms with Gasteiger partial charge in [-0.1, -0.05) is 38.4 Å². The molecule has 1 heterocycles. The van der Waals surface area contributed by atoms with Gasteiger partial charge in [-0.25, -0.2) is 15.8 Å². The molecule has 21 heavy (non-hydrogen) atoms. The number of halogens is 2. The fraction of sp³-hybridized carbons (Fsp3) is 0.286. The first-order chi connectivity index (χ1) is 9.81. The van der Waals surface area contributed by atoms with Gasteiger partial charge in [0.05, 0.1) is 15.2 Å². The van der Waals surface area contributed by atoms with Crippen molar-refractivity contribution >= 4 is 44.9 Å². The molecule has 0 aliphatic rings. The van der Waals surface area contributed by atoms with E-state index in [1.54, 1.807) is 6.07 Å². The van der Waals surface area contributed by atoms with Gasteiger partial charge in [-0.05, 0) is 28.1 Å². The van der Waals surface area contributed by atoms with Crippen molar-refractivity contribution in [3.8, 4) is 0 Å². The molecule has 2 rings (SSSR count). The minimum absolute atomic E-state index is 0.186. The third-order valence-electron chi connectivity index (χ3n) is 2.76. The SMILES string of the molecule is CC(C)(C)c1nc(NN)cc(Nc2cccc(Cl)c2Br)n1. The van der Waals surface area contributed by atoms with E-state index in [2.05, 4.69) is 36.6 Å². The molecule has 0 amide bonds. The van der Waals surface area contributed by atoms with Crippen molar-refractivity contribution < 1.29 is 0 Å². The maximum atomic E-state index is 6.09. The van der Waals surface area contributed by atoms with Crippen LogP contribution >= 0.6 is 27.5 Å². The molecule has 0 fully saturated rings. The summed E-state index contributed by atoms with van der Waals surface area (Å²) >= 11 is 9.54. The number of nitrogens with one attached hydrogen (secondary N) is 2. The second kappa shape index (κ2) is 6.17. The lowest BCUT2D eigenvalue weighted by molar-refractivity contribution is 0.547. The summed E-state index contributed by atoms with van der Waals surface area (Å²) in [5.74, 6) is 7.37. The highest BCUT2D eigenvalue weighted by Crippen LogP contribution is 2.32. The molecule has 112 valence electrons. The Kier molecular flexibility index (Phi) is 4.70. The Bertz CT molecular complexity index is 654. The Morgan fingerprint density at radius 1 is 1.19 bits per heavy atom. The number of nitrogens with zero attached hydrogens (tertiary/aromatic N) is 2. The van der Waals surface area contributed by atoms with Crippen molar-refractivity contribution in [1.82, 2.24) is 9.97 Å². The molecular weight excluding hydrogens is 354 g/mol. The normalized spacial score (nSPS) is 11.3. The molecule has 0 radical (unpaired) electrons. The standard InChI is InChI=1S/C14H17BrClN5/c1-14(2,3)13-19-10(7-11(20-13)21-17)18-9-6-4-5-8(16)12(9)15/h4-7H,17H2,1-3H3,(H2,18,19,20,21). The Morgan fingerprint density at radius 3 is 2.48 bits per heavy atom. The lowest BCUT2D eigenvalue weighted by Crippen LogP contribution is -2.19. The summed E-state index contributed by atoms with van der Waals surface area (Å²) in [6.07, 6.45) is 0. The van der Waals surface area contributed by atoms with E-state index in [1.165, 1.54) is 0 Å². The molecule has 0 spiro atoms. The molecule has 0 saturated carbocycles. The fourth-order valence-corrected chi connectivity index (χ4v) is 2.20. The molecule has 0 bridgehead atoms. The molecular formula is C14H17BrClN5. The zero-order chi connectivity index (χ0) is 15.6. The van der Waals surface area contributed by atoms with Gasteiger partial charge in [0, 0.05) is 11.5 Å². The van der Waals surface area contributed by atoms with E-state index < -0.39 is 0 Å². The first kappa shape index (κ1) is 16.0. The molecule has 0 saturated heterocycles. The molecule has 4 N–H and O–H groups in total. The van der Waals surface area contributed by atoms with Crippen LogP contribution in [0.15, 0.2) is 28.7 Å². The number of anilines is 3. The van der Waals surface area contributed by atoms with Crippen LogP contribution in [0.1, 0.15) is 26.6 Å². The van der Waals surface area contributed by atoms with E-state index in [0.29, 0.717) is 22.5 Å². The minimum atomic E-state index is -0.186. The van der Waals surface area contributed by atoms with E-state index in [9.17, 15) is 0 Å². The highest BCUT2D eigenvalue weighted by molar-refractivity contribution is 9.10. The second-order valence-electron chi connectivity index (χ2n) is 5.58. The van der Waals surface area contributed by atoms with E-state index >= 15 is 0 Å². The first-order valence-electron chi connectivity index (χ1n) is 6.38. The Labute approximate surface area is 137 Å². The topological polar surface area (TPSA) is 75.9 Å². The summed E-state index contributed by atoms with van der Waals surface area (Å²) in [5.41, 5.74) is 3.20. The fourth-order valence-electron chi connectivity index (χ4n) is 1.66. The maximum Gasteiger partial charge on any atom is 0.145 e. The minimum Gasteiger partial charge on any atom is -0.339 e. The zero-order valence-corrected chi connectivity index (χ0v) is 14.4. The Morgan fingerprint density at radius 2 is 1.86 bits per heavy atom. The summed E-state index contributed by atoms with van der Waals surface area (Å²) in [7, 11) is 0. The first-order valence-corrected chi connectivity index (χ1v) is 7.55. The van der Waals surface area contributed by atoms with Gasteiger partial charge >= 0.3 is 0 Å². The van der Waals surface area contributed by atoms with Crippen molar-refractivity contribution in [1.29, 1.82) is 0 Å². The lowest BCUT2D eigenvalue weighted by Gasteiger charge is -2.19. The summed E-state index contributed by atoms with van der Waals surface area (Å²) < 4.78 is 0.782. The van der Waals surface area contributed by atoms with Gasteiger partial charge in [0.2, 0.25) is 0 Å². The van der Waals surface area contributed by atoms with Crippen LogP contribution in [0.5, 0.6) is 0 Å². The van der Waals surface area contributed by atoms with E-state index in [4.69, 9.17) is 17.4 Å². The summed E-state index contributed by atoms with van der Waals surface area (Å²) in [4.78, 5) is 8.92. The zero-order valence-electron chi connectivity index (χ0n) is 12.0. The van der Waals surface area contributed by atoms with Crippen molar-refractivity contribution in [2.24, 2.45) is 5.84 Å². The van der Waals surface area contributed by atoms with Crippen LogP contribution in [-0.4, -0.2) is 9.97 Å². The van der Waals surface area contributed by atoms with Gasteiger partial charge in [-0.2, -0.15) is 0 Å². The molecule has 0 atom stereocenters. The number of aromatic nitrogens is 2. The largest absolute Gasteiger partial charge is 0.339 e. The van der Waals surface area contributed by atoms with Gasteiger partial charge in [-0.15, -0.1) is 0 Å². The van der Waals surface area contributed by atoms with E-state index in [-0.39, 0.29) is 5.41 Å². The summed E-state index contributed by atoms with van der Waals surface area (Å²) in [6.45, 7) is 6.13. The molecule has 5 nitrogen and oxygen atoms in total. The van der Waals surface area contributed by atoms with Crippen LogP contribution in [0.3, 0.4) is 0 Å². The molecule has 1 aromatic heterocycles. The number of hydrogen-bond donors (Lipinski definition) is 3. The van der Waals surface area contributed by atoms with Crippen molar-refractivity contribution in [3.05, 3.63) is 39.6 Å². The molecule has 1 aromatic carbocycles.